The number of thioether (sulfide) groups is 1. The molecule has 20 heavy (non-hydrogen) atoms. The van der Waals surface area contributed by atoms with Gasteiger partial charge in [-0.15, -0.1) is 11.8 Å². The van der Waals surface area contributed by atoms with E-state index in [9.17, 15) is 0 Å². The van der Waals surface area contributed by atoms with Gasteiger partial charge in [-0.3, -0.25) is 4.98 Å². The second kappa shape index (κ2) is 5.49. The molecular weight excluding hydrogens is 264 g/mol. The average Bonchev–Trinajstić information content (AvgIpc) is 2.91. The van der Waals surface area contributed by atoms with Crippen molar-refractivity contribution in [1.29, 1.82) is 0 Å². The second-order valence-electron chi connectivity index (χ2n) is 5.50. The molecule has 1 aromatic heterocycles. The van der Waals surface area contributed by atoms with Gasteiger partial charge in [-0.2, -0.15) is 0 Å². The molecule has 0 saturated heterocycles. The predicted molar refractivity (Wildman–Crippen MR) is 86.2 cm³/mol. The van der Waals surface area contributed by atoms with Crippen LogP contribution in [0.4, 0.5) is 5.69 Å². The summed E-state index contributed by atoms with van der Waals surface area (Å²) in [7, 11) is 0. The number of fused-ring (bicyclic) bond motifs is 1. The molecular formula is C17H20N2S. The Labute approximate surface area is 124 Å². The number of benzene rings is 1. The highest BCUT2D eigenvalue weighted by molar-refractivity contribution is 7.98. The zero-order valence-corrected chi connectivity index (χ0v) is 12.9. The van der Waals surface area contributed by atoms with Crippen LogP contribution in [0.15, 0.2) is 29.3 Å². The highest BCUT2D eigenvalue weighted by atomic mass is 32.2. The largest absolute Gasteiger partial charge is 0.398 e. The van der Waals surface area contributed by atoms with Crippen LogP contribution in [0.3, 0.4) is 0 Å². The summed E-state index contributed by atoms with van der Waals surface area (Å²) in [5.74, 6) is 0.884. The van der Waals surface area contributed by atoms with Gasteiger partial charge in [0.2, 0.25) is 0 Å². The number of hydrogen-bond donors (Lipinski definition) is 1. The van der Waals surface area contributed by atoms with E-state index < -0.39 is 0 Å². The molecule has 1 aliphatic carbocycles. The zero-order chi connectivity index (χ0) is 14.1. The summed E-state index contributed by atoms with van der Waals surface area (Å²) in [4.78, 5) is 5.86. The molecule has 2 aromatic rings. The number of anilines is 1. The molecule has 2 N–H and O–H groups in total. The third kappa shape index (κ3) is 2.55. The maximum absolute atomic E-state index is 6.08. The molecule has 1 aliphatic rings. The van der Waals surface area contributed by atoms with E-state index in [2.05, 4.69) is 30.1 Å². The van der Waals surface area contributed by atoms with E-state index in [0.717, 1.165) is 28.3 Å². The third-order valence-corrected chi connectivity index (χ3v) is 5.13. The molecule has 0 fully saturated rings. The summed E-state index contributed by atoms with van der Waals surface area (Å²) in [5, 5.41) is 0. The van der Waals surface area contributed by atoms with E-state index in [4.69, 9.17) is 5.73 Å². The van der Waals surface area contributed by atoms with Crippen molar-refractivity contribution in [3.8, 4) is 0 Å². The number of pyridine rings is 1. The Bertz CT molecular complexity index is 650. The maximum Gasteiger partial charge on any atom is 0.0556 e. The van der Waals surface area contributed by atoms with E-state index in [0.29, 0.717) is 0 Å². The molecule has 1 aromatic carbocycles. The van der Waals surface area contributed by atoms with Crippen molar-refractivity contribution in [2.75, 3.05) is 5.73 Å². The summed E-state index contributed by atoms with van der Waals surface area (Å²) < 4.78 is 0. The first kappa shape index (κ1) is 13.5. The maximum atomic E-state index is 6.08. The summed E-state index contributed by atoms with van der Waals surface area (Å²) in [5.41, 5.74) is 13.3. The van der Waals surface area contributed by atoms with Gasteiger partial charge in [0.05, 0.1) is 5.69 Å². The molecule has 0 amide bonds. The molecule has 2 nitrogen and oxygen atoms in total. The minimum Gasteiger partial charge on any atom is -0.398 e. The van der Waals surface area contributed by atoms with Crippen LogP contribution >= 0.6 is 11.8 Å². The van der Waals surface area contributed by atoms with Gasteiger partial charge >= 0.3 is 0 Å². The molecule has 0 bridgehead atoms. The van der Waals surface area contributed by atoms with Gasteiger partial charge in [0.15, 0.2) is 0 Å². The number of nitrogen functional groups attached to an aromatic ring is 1. The van der Waals surface area contributed by atoms with Gasteiger partial charge in [0.1, 0.15) is 0 Å². The van der Waals surface area contributed by atoms with Crippen molar-refractivity contribution in [1.82, 2.24) is 4.98 Å². The SMILES string of the molecule is Cc1cnc(CSc2ccc3c(c2)CCC3)c(C)c1N. The zero-order valence-electron chi connectivity index (χ0n) is 12.1. The molecule has 1 heterocycles. The topological polar surface area (TPSA) is 38.9 Å². The van der Waals surface area contributed by atoms with E-state index in [1.165, 1.54) is 35.3 Å². The van der Waals surface area contributed by atoms with E-state index in [-0.39, 0.29) is 0 Å². The van der Waals surface area contributed by atoms with Crippen LogP contribution in [0.1, 0.15) is 34.4 Å². The average molecular weight is 284 g/mol. The summed E-state index contributed by atoms with van der Waals surface area (Å²) in [6.07, 6.45) is 5.66. The number of rotatable bonds is 3. The molecule has 0 saturated carbocycles. The van der Waals surface area contributed by atoms with Crippen molar-refractivity contribution >= 4 is 17.4 Å². The fraction of sp³-hybridized carbons (Fsp3) is 0.353. The Balaban J connectivity index is 1.75. The molecule has 0 atom stereocenters. The Morgan fingerprint density at radius 2 is 2.00 bits per heavy atom. The number of aromatic nitrogens is 1. The molecule has 3 heteroatoms. The van der Waals surface area contributed by atoms with E-state index in [1.807, 2.05) is 24.9 Å². The van der Waals surface area contributed by atoms with Gasteiger partial charge in [-0.05, 0) is 67.5 Å². The summed E-state index contributed by atoms with van der Waals surface area (Å²) in [6.45, 7) is 4.07. The van der Waals surface area contributed by atoms with Crippen molar-refractivity contribution in [2.24, 2.45) is 0 Å². The van der Waals surface area contributed by atoms with Crippen molar-refractivity contribution in [3.05, 3.63) is 52.3 Å². The lowest BCUT2D eigenvalue weighted by atomic mass is 10.1. The Morgan fingerprint density at radius 1 is 1.20 bits per heavy atom. The van der Waals surface area contributed by atoms with Gasteiger partial charge in [0, 0.05) is 22.5 Å². The quantitative estimate of drug-likeness (QED) is 0.864. The Morgan fingerprint density at radius 3 is 2.85 bits per heavy atom. The van der Waals surface area contributed by atoms with Crippen molar-refractivity contribution in [3.63, 3.8) is 0 Å². The number of aryl methyl sites for hydroxylation is 3. The van der Waals surface area contributed by atoms with Crippen LogP contribution in [-0.4, -0.2) is 4.98 Å². The molecule has 0 radical (unpaired) electrons. The third-order valence-electron chi connectivity index (χ3n) is 4.12. The van der Waals surface area contributed by atoms with Crippen LogP contribution in [-0.2, 0) is 18.6 Å². The van der Waals surface area contributed by atoms with Gasteiger partial charge < -0.3 is 5.73 Å². The monoisotopic (exact) mass is 284 g/mol. The molecule has 0 spiro atoms. The molecule has 0 unspecified atom stereocenters. The normalized spacial score (nSPS) is 13.5. The van der Waals surface area contributed by atoms with E-state index in [1.54, 1.807) is 0 Å². The van der Waals surface area contributed by atoms with Crippen LogP contribution in [0, 0.1) is 13.8 Å². The molecule has 104 valence electrons. The lowest BCUT2D eigenvalue weighted by molar-refractivity contribution is 0.911. The summed E-state index contributed by atoms with van der Waals surface area (Å²) in [6, 6.07) is 6.87. The molecule has 3 rings (SSSR count). The van der Waals surface area contributed by atoms with Crippen LogP contribution in [0.2, 0.25) is 0 Å². The number of nitrogens with zero attached hydrogens (tertiary/aromatic N) is 1. The first-order chi connectivity index (χ1) is 9.65. The second-order valence-corrected chi connectivity index (χ2v) is 6.55. The van der Waals surface area contributed by atoms with E-state index >= 15 is 0 Å². The fourth-order valence-corrected chi connectivity index (χ4v) is 3.71. The minimum absolute atomic E-state index is 0.879. The van der Waals surface area contributed by atoms with Crippen LogP contribution in [0.5, 0.6) is 0 Å². The minimum atomic E-state index is 0.879. The standard InChI is InChI=1S/C17H20N2S/c1-11-9-19-16(12(2)17(11)18)10-20-15-7-6-13-4-3-5-14(13)8-15/h6-9H,3-5,10H2,1-2H3,(H2,18,19). The van der Waals surface area contributed by atoms with Crippen LogP contribution < -0.4 is 5.73 Å². The van der Waals surface area contributed by atoms with Gasteiger partial charge in [-0.1, -0.05) is 6.07 Å². The van der Waals surface area contributed by atoms with Gasteiger partial charge in [-0.25, -0.2) is 0 Å². The number of nitrogens with two attached hydrogens (primary N) is 1. The van der Waals surface area contributed by atoms with Gasteiger partial charge in [0.25, 0.3) is 0 Å². The first-order valence-electron chi connectivity index (χ1n) is 7.10. The Hall–Kier alpha value is -1.48. The molecule has 0 aliphatic heterocycles. The Kier molecular flexibility index (Phi) is 3.70. The fourth-order valence-electron chi connectivity index (χ4n) is 2.73. The lowest BCUT2D eigenvalue weighted by Crippen LogP contribution is -2.00. The predicted octanol–water partition coefficient (Wildman–Crippen LogP) is 4.06. The number of hydrogen-bond acceptors (Lipinski definition) is 3. The van der Waals surface area contributed by atoms with Crippen molar-refractivity contribution < 1.29 is 0 Å². The first-order valence-corrected chi connectivity index (χ1v) is 8.09. The lowest BCUT2D eigenvalue weighted by Gasteiger charge is -2.10. The van der Waals surface area contributed by atoms with Crippen molar-refractivity contribution in [2.45, 2.75) is 43.8 Å². The summed E-state index contributed by atoms with van der Waals surface area (Å²) >= 11 is 1.85. The highest BCUT2D eigenvalue weighted by Gasteiger charge is 2.12. The smallest absolute Gasteiger partial charge is 0.0556 e. The highest BCUT2D eigenvalue weighted by Crippen LogP contribution is 2.30. The van der Waals surface area contributed by atoms with Crippen LogP contribution in [0.25, 0.3) is 0 Å².